The molecule has 28 heavy (non-hydrogen) atoms. The largest absolute Gasteiger partial charge is 0.497 e. The second-order valence-corrected chi connectivity index (χ2v) is 7.32. The van der Waals surface area contributed by atoms with Crippen molar-refractivity contribution in [1.82, 2.24) is 0 Å². The van der Waals surface area contributed by atoms with Crippen LogP contribution in [0.4, 0.5) is 0 Å². The molecule has 0 saturated carbocycles. The van der Waals surface area contributed by atoms with Crippen LogP contribution in [0.25, 0.3) is 0 Å². The van der Waals surface area contributed by atoms with Crippen molar-refractivity contribution >= 4 is 6.29 Å². The molecule has 0 saturated heterocycles. The van der Waals surface area contributed by atoms with Crippen LogP contribution in [-0.2, 0) is 16.1 Å². The third kappa shape index (κ3) is 10.4. The van der Waals surface area contributed by atoms with Gasteiger partial charge in [-0.2, -0.15) is 0 Å². The van der Waals surface area contributed by atoms with Gasteiger partial charge in [-0.1, -0.05) is 57.6 Å². The Kier molecular flexibility index (Phi) is 12.9. The van der Waals surface area contributed by atoms with E-state index in [1.807, 2.05) is 24.3 Å². The highest BCUT2D eigenvalue weighted by Crippen LogP contribution is 2.22. The number of unbranched alkanes of at least 4 members (excludes halogenated alkanes) is 5. The summed E-state index contributed by atoms with van der Waals surface area (Å²) in [6.45, 7) is 2.91. The highest BCUT2D eigenvalue weighted by Gasteiger charge is 2.25. The quantitative estimate of drug-likeness (QED) is 0.160. The zero-order chi connectivity index (χ0) is 20.6. The summed E-state index contributed by atoms with van der Waals surface area (Å²) in [6, 6.07) is 7.62. The summed E-state index contributed by atoms with van der Waals surface area (Å²) in [4.78, 5) is 22.3. The van der Waals surface area contributed by atoms with E-state index in [-0.39, 0.29) is 23.3 Å². The fourth-order valence-electron chi connectivity index (χ4n) is 3.37. The van der Waals surface area contributed by atoms with Gasteiger partial charge in [0, 0.05) is 23.4 Å². The minimum absolute atomic E-state index is 0.142. The molecule has 0 aliphatic rings. The van der Waals surface area contributed by atoms with Gasteiger partial charge in [-0.05, 0) is 30.5 Å². The fourth-order valence-corrected chi connectivity index (χ4v) is 3.37. The summed E-state index contributed by atoms with van der Waals surface area (Å²) >= 11 is 0. The van der Waals surface area contributed by atoms with Crippen LogP contribution in [0.3, 0.4) is 0 Å². The first-order chi connectivity index (χ1) is 13.6. The Balaban J connectivity index is 2.38. The van der Waals surface area contributed by atoms with E-state index in [1.165, 1.54) is 19.3 Å². The van der Waals surface area contributed by atoms with Crippen LogP contribution >= 0.6 is 0 Å². The summed E-state index contributed by atoms with van der Waals surface area (Å²) < 4.78 is 10.8. The SMILES string of the molecule is CCCCCCCC[C@H](C[N+](=O)[O-])[C@H](C=O)CCOCc1ccc(OC)cc1. The smallest absolute Gasteiger partial charge is 0.207 e. The van der Waals surface area contributed by atoms with Gasteiger partial charge < -0.3 is 14.3 Å². The Morgan fingerprint density at radius 2 is 1.75 bits per heavy atom. The first kappa shape index (κ1) is 24.1. The van der Waals surface area contributed by atoms with E-state index in [0.29, 0.717) is 19.6 Å². The summed E-state index contributed by atoms with van der Waals surface area (Å²) in [5, 5.41) is 11.0. The molecular formula is C22H35NO5. The van der Waals surface area contributed by atoms with Crippen molar-refractivity contribution in [2.45, 2.75) is 64.9 Å². The van der Waals surface area contributed by atoms with Crippen LogP contribution in [0.2, 0.25) is 0 Å². The maximum absolute atomic E-state index is 11.5. The lowest BCUT2D eigenvalue weighted by atomic mass is 9.86. The van der Waals surface area contributed by atoms with E-state index in [2.05, 4.69) is 6.92 Å². The molecule has 0 aromatic heterocycles. The van der Waals surface area contributed by atoms with Crippen LogP contribution in [-0.4, -0.2) is 31.5 Å². The van der Waals surface area contributed by atoms with E-state index in [9.17, 15) is 14.9 Å². The minimum Gasteiger partial charge on any atom is -0.497 e. The van der Waals surface area contributed by atoms with Gasteiger partial charge in [0.25, 0.3) is 0 Å². The summed E-state index contributed by atoms with van der Waals surface area (Å²) in [5.74, 6) is 0.266. The number of methoxy groups -OCH3 is 1. The Morgan fingerprint density at radius 1 is 1.07 bits per heavy atom. The van der Waals surface area contributed by atoms with E-state index >= 15 is 0 Å². The number of ether oxygens (including phenoxy) is 2. The topological polar surface area (TPSA) is 78.7 Å². The highest BCUT2D eigenvalue weighted by molar-refractivity contribution is 5.54. The average Bonchev–Trinajstić information content (AvgIpc) is 2.70. The molecule has 0 amide bonds. The van der Waals surface area contributed by atoms with E-state index in [1.54, 1.807) is 7.11 Å². The average molecular weight is 394 g/mol. The fraction of sp³-hybridized carbons (Fsp3) is 0.682. The van der Waals surface area contributed by atoms with Crippen LogP contribution in [0.1, 0.15) is 63.9 Å². The molecule has 0 aliphatic heterocycles. The minimum atomic E-state index is -0.322. The molecule has 0 heterocycles. The maximum atomic E-state index is 11.5. The number of nitrogens with zero attached hydrogens (tertiary/aromatic N) is 1. The van der Waals surface area contributed by atoms with Gasteiger partial charge in [0.2, 0.25) is 6.54 Å². The summed E-state index contributed by atoms with van der Waals surface area (Å²) in [7, 11) is 1.62. The first-order valence-electron chi connectivity index (χ1n) is 10.4. The highest BCUT2D eigenvalue weighted by atomic mass is 16.6. The maximum Gasteiger partial charge on any atom is 0.207 e. The molecular weight excluding hydrogens is 358 g/mol. The first-order valence-corrected chi connectivity index (χ1v) is 10.4. The van der Waals surface area contributed by atoms with Crippen molar-refractivity contribution in [1.29, 1.82) is 0 Å². The molecule has 6 nitrogen and oxygen atoms in total. The number of benzene rings is 1. The Labute approximate surface area is 168 Å². The molecule has 0 unspecified atom stereocenters. The Morgan fingerprint density at radius 3 is 2.36 bits per heavy atom. The van der Waals surface area contributed by atoms with Crippen molar-refractivity contribution in [3.8, 4) is 5.75 Å². The Bertz CT molecular complexity index is 546. The third-order valence-electron chi connectivity index (χ3n) is 5.12. The molecule has 0 bridgehead atoms. The van der Waals surface area contributed by atoms with Gasteiger partial charge in [-0.15, -0.1) is 0 Å². The molecule has 0 radical (unpaired) electrons. The normalized spacial score (nSPS) is 13.1. The predicted octanol–water partition coefficient (Wildman–Crippen LogP) is 5.06. The number of carbonyl (C=O) groups is 1. The predicted molar refractivity (Wildman–Crippen MR) is 110 cm³/mol. The molecule has 1 rings (SSSR count). The van der Waals surface area contributed by atoms with Crippen LogP contribution in [0.5, 0.6) is 5.75 Å². The molecule has 0 aliphatic carbocycles. The van der Waals surface area contributed by atoms with E-state index in [0.717, 1.165) is 43.3 Å². The molecule has 0 spiro atoms. The lowest BCUT2D eigenvalue weighted by Gasteiger charge is -2.19. The number of nitro groups is 1. The van der Waals surface area contributed by atoms with Crippen molar-refractivity contribution < 1.29 is 19.2 Å². The molecule has 0 fully saturated rings. The lowest BCUT2D eigenvalue weighted by molar-refractivity contribution is -0.489. The van der Waals surface area contributed by atoms with E-state index in [4.69, 9.17) is 9.47 Å². The van der Waals surface area contributed by atoms with Crippen LogP contribution in [0, 0.1) is 22.0 Å². The van der Waals surface area contributed by atoms with Crippen LogP contribution in [0.15, 0.2) is 24.3 Å². The summed E-state index contributed by atoms with van der Waals surface area (Å²) in [5.41, 5.74) is 1.03. The standard InChI is InChI=1S/C22H35NO5/c1-3-4-5-6-7-8-9-20(16-23(25)26)21(17-24)14-15-28-18-19-10-12-22(27-2)13-11-19/h10-13,17,20-21H,3-9,14-16,18H2,1-2H3/t20-,21+/m1/s1. The second-order valence-electron chi connectivity index (χ2n) is 7.32. The summed E-state index contributed by atoms with van der Waals surface area (Å²) in [6.07, 6.45) is 8.97. The number of rotatable bonds is 17. The molecule has 2 atom stereocenters. The molecule has 1 aromatic carbocycles. The Hall–Kier alpha value is -1.95. The van der Waals surface area contributed by atoms with Crippen molar-refractivity contribution in [2.24, 2.45) is 11.8 Å². The van der Waals surface area contributed by atoms with Crippen molar-refractivity contribution in [2.75, 3.05) is 20.3 Å². The molecule has 0 N–H and O–H groups in total. The zero-order valence-electron chi connectivity index (χ0n) is 17.3. The monoisotopic (exact) mass is 393 g/mol. The van der Waals surface area contributed by atoms with Crippen molar-refractivity contribution in [3.05, 3.63) is 39.9 Å². The van der Waals surface area contributed by atoms with E-state index < -0.39 is 0 Å². The van der Waals surface area contributed by atoms with Gasteiger partial charge in [0.05, 0.1) is 13.7 Å². The zero-order valence-corrected chi connectivity index (χ0v) is 17.3. The lowest BCUT2D eigenvalue weighted by Crippen LogP contribution is -2.25. The van der Waals surface area contributed by atoms with Crippen molar-refractivity contribution in [3.63, 3.8) is 0 Å². The number of carbonyl (C=O) groups excluding carboxylic acids is 1. The third-order valence-corrected chi connectivity index (χ3v) is 5.12. The van der Waals surface area contributed by atoms with Gasteiger partial charge in [0.15, 0.2) is 0 Å². The molecule has 6 heteroatoms. The van der Waals surface area contributed by atoms with Gasteiger partial charge in [0.1, 0.15) is 12.0 Å². The number of hydrogen-bond acceptors (Lipinski definition) is 5. The molecule has 158 valence electrons. The van der Waals surface area contributed by atoms with Gasteiger partial charge in [-0.25, -0.2) is 0 Å². The second kappa shape index (κ2) is 15.0. The molecule has 1 aromatic rings. The number of aldehydes is 1. The van der Waals surface area contributed by atoms with Gasteiger partial charge >= 0.3 is 0 Å². The number of hydrogen-bond donors (Lipinski definition) is 0. The van der Waals surface area contributed by atoms with Crippen LogP contribution < -0.4 is 4.74 Å². The van der Waals surface area contributed by atoms with Gasteiger partial charge in [-0.3, -0.25) is 10.1 Å².